The van der Waals surface area contributed by atoms with Crippen LogP contribution in [0.1, 0.15) is 88.4 Å². The first-order valence-electron chi connectivity index (χ1n) is 13.7. The number of aliphatic carboxylic acids is 1. The number of hydrogen-bond donors (Lipinski definition) is 2. The molecule has 6 heteroatoms. The van der Waals surface area contributed by atoms with E-state index in [9.17, 15) is 19.8 Å². The number of carboxylic acid groups (broad SMARTS) is 1. The first kappa shape index (κ1) is 29.4. The van der Waals surface area contributed by atoms with Gasteiger partial charge in [-0.05, 0) is 47.3 Å². The Balaban J connectivity index is 2.00. The minimum Gasteiger partial charge on any atom is -0.507 e. The summed E-state index contributed by atoms with van der Waals surface area (Å²) in [5.41, 5.74) is 2.57. The molecule has 2 atom stereocenters. The van der Waals surface area contributed by atoms with E-state index in [4.69, 9.17) is 0 Å². The molecule has 0 amide bonds. The van der Waals surface area contributed by atoms with Crippen LogP contribution in [0.2, 0.25) is 0 Å². The van der Waals surface area contributed by atoms with Crippen LogP contribution >= 0.6 is 0 Å². The molecule has 0 saturated carbocycles. The molecule has 2 aromatic rings. The quantitative estimate of drug-likeness (QED) is 0.382. The summed E-state index contributed by atoms with van der Waals surface area (Å²) < 4.78 is 0. The largest absolute Gasteiger partial charge is 0.507 e. The van der Waals surface area contributed by atoms with Crippen molar-refractivity contribution in [1.29, 1.82) is 0 Å². The summed E-state index contributed by atoms with van der Waals surface area (Å²) in [6, 6.07) is 13.8. The molecule has 0 spiro atoms. The molecule has 1 aliphatic heterocycles. The number of amidine groups is 1. The Labute approximate surface area is 227 Å². The van der Waals surface area contributed by atoms with Crippen LogP contribution in [-0.4, -0.2) is 52.3 Å². The second-order valence-corrected chi connectivity index (χ2v) is 12.6. The summed E-state index contributed by atoms with van der Waals surface area (Å²) >= 11 is 0. The predicted molar refractivity (Wildman–Crippen MR) is 153 cm³/mol. The van der Waals surface area contributed by atoms with Crippen LogP contribution in [0.25, 0.3) is 0 Å². The molecule has 206 valence electrons. The van der Waals surface area contributed by atoms with Crippen molar-refractivity contribution in [3.8, 4) is 5.75 Å². The number of aliphatic imine (C=N–C) groups is 1. The van der Waals surface area contributed by atoms with Crippen LogP contribution in [0.4, 0.5) is 0 Å². The molecule has 6 nitrogen and oxygen atoms in total. The summed E-state index contributed by atoms with van der Waals surface area (Å²) in [7, 11) is 0. The monoisotopic (exact) mass is 520 g/mol. The van der Waals surface area contributed by atoms with Gasteiger partial charge in [0.05, 0.1) is 6.54 Å². The number of likely N-dealkylation sites (tertiary alicyclic amines) is 1. The highest BCUT2D eigenvalue weighted by Gasteiger charge is 2.39. The second kappa shape index (κ2) is 11.7. The Morgan fingerprint density at radius 2 is 1.58 bits per heavy atom. The van der Waals surface area contributed by atoms with Gasteiger partial charge in [0, 0.05) is 29.2 Å². The second-order valence-electron chi connectivity index (χ2n) is 12.6. The molecule has 0 bridgehead atoms. The normalized spacial score (nSPS) is 19.2. The van der Waals surface area contributed by atoms with E-state index in [0.29, 0.717) is 17.9 Å². The molecule has 1 aliphatic rings. The number of nitrogens with zero attached hydrogens (tertiary/aromatic N) is 2. The smallest absolute Gasteiger partial charge is 0.325 e. The highest BCUT2D eigenvalue weighted by atomic mass is 16.4. The molecule has 0 radical (unpaired) electrons. The van der Waals surface area contributed by atoms with Crippen molar-refractivity contribution in [2.45, 2.75) is 78.6 Å². The van der Waals surface area contributed by atoms with Gasteiger partial charge in [0.25, 0.3) is 0 Å². The number of benzene rings is 2. The zero-order valence-electron chi connectivity index (χ0n) is 24.0. The number of Topliss-reactive ketones (excluding diaryl/α,β-unsaturated/α-hetero) is 1. The standard InChI is InChI=1S/C32H44N2O4/c1-8-12-22-19-34(30(33-18-28(36)37)24(22)15-21-13-10-9-11-14-21)20-27(35)23-16-25(31(2,3)4)29(38)26(17-23)32(5,6)7/h9-11,13-14,16-17,22,24,38H,8,12,15,18-20H2,1-7H3,(H,36,37)/t22-,24+/m0/s1. The average Bonchev–Trinajstić information content (AvgIpc) is 3.12. The van der Waals surface area contributed by atoms with E-state index in [0.717, 1.165) is 30.4 Å². The lowest BCUT2D eigenvalue weighted by atomic mass is 9.78. The van der Waals surface area contributed by atoms with Gasteiger partial charge in [-0.2, -0.15) is 0 Å². The highest BCUT2D eigenvalue weighted by Crippen LogP contribution is 2.40. The maximum Gasteiger partial charge on any atom is 0.325 e. The van der Waals surface area contributed by atoms with Gasteiger partial charge in [-0.25, -0.2) is 0 Å². The van der Waals surface area contributed by atoms with Crippen LogP contribution in [0.5, 0.6) is 5.75 Å². The molecule has 1 heterocycles. The fourth-order valence-corrected chi connectivity index (χ4v) is 5.45. The van der Waals surface area contributed by atoms with Crippen LogP contribution in [0.3, 0.4) is 0 Å². The average molecular weight is 521 g/mol. The number of phenols is 1. The van der Waals surface area contributed by atoms with Crippen molar-refractivity contribution >= 4 is 17.6 Å². The Morgan fingerprint density at radius 1 is 1.00 bits per heavy atom. The molecular formula is C32H44N2O4. The topological polar surface area (TPSA) is 90.2 Å². The van der Waals surface area contributed by atoms with Gasteiger partial charge in [0.2, 0.25) is 0 Å². The zero-order valence-corrected chi connectivity index (χ0v) is 24.0. The molecule has 0 aromatic heterocycles. The zero-order chi connectivity index (χ0) is 28.3. The molecule has 0 unspecified atom stereocenters. The molecule has 1 fully saturated rings. The third-order valence-electron chi connectivity index (χ3n) is 7.40. The maximum absolute atomic E-state index is 13.8. The van der Waals surface area contributed by atoms with Crippen LogP contribution in [0.15, 0.2) is 47.5 Å². The van der Waals surface area contributed by atoms with Crippen LogP contribution < -0.4 is 0 Å². The van der Waals surface area contributed by atoms with E-state index in [1.807, 2.05) is 76.8 Å². The minimum absolute atomic E-state index is 0.0552. The number of rotatable bonds is 9. The molecule has 3 rings (SSSR count). The van der Waals surface area contributed by atoms with Crippen molar-refractivity contribution in [3.05, 3.63) is 64.7 Å². The Morgan fingerprint density at radius 3 is 2.08 bits per heavy atom. The lowest BCUT2D eigenvalue weighted by Crippen LogP contribution is -2.34. The Hall–Kier alpha value is -3.15. The number of carbonyl (C=O) groups is 2. The van der Waals surface area contributed by atoms with E-state index < -0.39 is 5.97 Å². The van der Waals surface area contributed by atoms with E-state index in [1.165, 1.54) is 5.56 Å². The Kier molecular flexibility index (Phi) is 9.06. The van der Waals surface area contributed by atoms with Gasteiger partial charge >= 0.3 is 5.97 Å². The first-order valence-corrected chi connectivity index (χ1v) is 13.7. The van der Waals surface area contributed by atoms with Crippen molar-refractivity contribution in [2.75, 3.05) is 19.6 Å². The molecular weight excluding hydrogens is 476 g/mol. The predicted octanol–water partition coefficient (Wildman–Crippen LogP) is 6.24. The van der Waals surface area contributed by atoms with E-state index >= 15 is 0 Å². The molecule has 38 heavy (non-hydrogen) atoms. The molecule has 2 aromatic carbocycles. The van der Waals surface area contributed by atoms with Crippen molar-refractivity contribution in [3.63, 3.8) is 0 Å². The van der Waals surface area contributed by atoms with Gasteiger partial charge in [-0.15, -0.1) is 0 Å². The van der Waals surface area contributed by atoms with Crippen LogP contribution in [0, 0.1) is 11.8 Å². The Bertz CT molecular complexity index is 1140. The lowest BCUT2D eigenvalue weighted by Gasteiger charge is -2.28. The SMILES string of the molecule is CCC[C@H]1CN(CC(=O)c2cc(C(C)(C)C)c(O)c(C(C)(C)C)c2)C(=NCC(=O)O)[C@@H]1Cc1ccccc1. The number of carbonyl (C=O) groups excluding carboxylic acids is 1. The van der Waals surface area contributed by atoms with Gasteiger partial charge in [-0.1, -0.05) is 85.2 Å². The third kappa shape index (κ3) is 7.03. The summed E-state index contributed by atoms with van der Waals surface area (Å²) in [6.45, 7) is 14.8. The van der Waals surface area contributed by atoms with E-state index in [1.54, 1.807) is 0 Å². The molecule has 2 N–H and O–H groups in total. The van der Waals surface area contributed by atoms with Crippen LogP contribution in [-0.2, 0) is 22.0 Å². The van der Waals surface area contributed by atoms with Gasteiger partial charge in [0.1, 0.15) is 18.1 Å². The number of ketones is 1. The summed E-state index contributed by atoms with van der Waals surface area (Å²) in [5.74, 6) is 0.269. The number of hydrogen-bond acceptors (Lipinski definition) is 4. The fraction of sp³-hybridized carbons (Fsp3) is 0.531. The number of aromatic hydroxyl groups is 1. The van der Waals surface area contributed by atoms with Gasteiger partial charge in [0.15, 0.2) is 5.78 Å². The number of carboxylic acids is 1. The molecule has 1 saturated heterocycles. The van der Waals surface area contributed by atoms with Crippen molar-refractivity contribution < 1.29 is 19.8 Å². The third-order valence-corrected chi connectivity index (χ3v) is 7.40. The van der Waals surface area contributed by atoms with Crippen molar-refractivity contribution in [1.82, 2.24) is 4.90 Å². The minimum atomic E-state index is -0.982. The van der Waals surface area contributed by atoms with E-state index in [-0.39, 0.29) is 47.3 Å². The first-order chi connectivity index (χ1) is 17.7. The van der Waals surface area contributed by atoms with Gasteiger partial charge in [-0.3, -0.25) is 14.6 Å². The maximum atomic E-state index is 13.8. The fourth-order valence-electron chi connectivity index (χ4n) is 5.45. The summed E-state index contributed by atoms with van der Waals surface area (Å²) in [5, 5.41) is 20.5. The van der Waals surface area contributed by atoms with Gasteiger partial charge < -0.3 is 15.1 Å². The molecule has 0 aliphatic carbocycles. The summed E-state index contributed by atoms with van der Waals surface area (Å²) in [6.07, 6.45) is 2.75. The summed E-state index contributed by atoms with van der Waals surface area (Å²) in [4.78, 5) is 31.8. The van der Waals surface area contributed by atoms with Crippen molar-refractivity contribution in [2.24, 2.45) is 16.8 Å². The van der Waals surface area contributed by atoms with E-state index in [2.05, 4.69) is 24.0 Å². The number of phenolic OH excluding ortho intramolecular Hbond substituents is 1. The lowest BCUT2D eigenvalue weighted by molar-refractivity contribution is -0.135. The highest BCUT2D eigenvalue weighted by molar-refractivity contribution is 6.01.